The third-order valence-corrected chi connectivity index (χ3v) is 4.24. The maximum atomic E-state index is 14.3. The minimum Gasteiger partial charge on any atom is -0.480 e. The van der Waals surface area contributed by atoms with Gasteiger partial charge >= 0.3 is 0 Å². The zero-order chi connectivity index (χ0) is 15.4. The molecule has 1 aromatic carbocycles. The summed E-state index contributed by atoms with van der Waals surface area (Å²) < 4.78 is 19.6. The van der Waals surface area contributed by atoms with E-state index in [2.05, 4.69) is 28.5 Å². The highest BCUT2D eigenvalue weighted by Gasteiger charge is 2.30. The summed E-state index contributed by atoms with van der Waals surface area (Å²) >= 11 is 2.10. The first-order valence-corrected chi connectivity index (χ1v) is 7.85. The molecule has 0 aromatic heterocycles. The van der Waals surface area contributed by atoms with Crippen LogP contribution in [0.3, 0.4) is 0 Å². The summed E-state index contributed by atoms with van der Waals surface area (Å²) in [5, 5.41) is 0. The van der Waals surface area contributed by atoms with Crippen LogP contribution in [-0.4, -0.2) is 27.9 Å². The van der Waals surface area contributed by atoms with Gasteiger partial charge in [0.1, 0.15) is 18.2 Å². The van der Waals surface area contributed by atoms with Crippen molar-refractivity contribution in [1.29, 1.82) is 0 Å². The van der Waals surface area contributed by atoms with Crippen LogP contribution >= 0.6 is 22.6 Å². The fourth-order valence-electron chi connectivity index (χ4n) is 2.27. The topological polar surface area (TPSA) is 29.5 Å². The van der Waals surface area contributed by atoms with E-state index in [4.69, 9.17) is 11.2 Å². The molecule has 0 bridgehead atoms. The van der Waals surface area contributed by atoms with Crippen molar-refractivity contribution < 1.29 is 13.9 Å². The maximum absolute atomic E-state index is 14.3. The lowest BCUT2D eigenvalue weighted by Crippen LogP contribution is -2.38. The van der Waals surface area contributed by atoms with E-state index in [0.717, 1.165) is 0 Å². The standard InChI is InChI=1S/C16H15FINO2/c1-3-10-21-14-7-5-6-11(17)15(14)13-9-8-12(18)16(20)19(13)4-2/h1,5-7,9,12H,4,8,10H2,2H3. The molecule has 21 heavy (non-hydrogen) atoms. The Hall–Kier alpha value is -1.55. The highest BCUT2D eigenvalue weighted by Crippen LogP contribution is 2.35. The molecule has 0 fully saturated rings. The number of alkyl halides is 1. The van der Waals surface area contributed by atoms with E-state index >= 15 is 0 Å². The van der Waals surface area contributed by atoms with Gasteiger partial charge in [-0.3, -0.25) is 4.79 Å². The summed E-state index contributed by atoms with van der Waals surface area (Å²) in [6, 6.07) is 4.58. The molecule has 2 rings (SSSR count). The van der Waals surface area contributed by atoms with Gasteiger partial charge in [-0.15, -0.1) is 6.42 Å². The molecule has 1 heterocycles. The van der Waals surface area contributed by atoms with Crippen LogP contribution in [0.15, 0.2) is 24.3 Å². The van der Waals surface area contributed by atoms with Gasteiger partial charge in [0, 0.05) is 6.54 Å². The van der Waals surface area contributed by atoms with Crippen LogP contribution < -0.4 is 4.74 Å². The lowest BCUT2D eigenvalue weighted by Gasteiger charge is -2.31. The molecule has 0 radical (unpaired) electrons. The van der Waals surface area contributed by atoms with Gasteiger partial charge in [0.05, 0.1) is 15.2 Å². The summed E-state index contributed by atoms with van der Waals surface area (Å²) in [5.41, 5.74) is 0.854. The molecule has 0 aliphatic carbocycles. The second-order valence-electron chi connectivity index (χ2n) is 4.48. The lowest BCUT2D eigenvalue weighted by atomic mass is 10.0. The van der Waals surface area contributed by atoms with Crippen LogP contribution in [0.2, 0.25) is 0 Å². The highest BCUT2D eigenvalue weighted by atomic mass is 127. The van der Waals surface area contributed by atoms with Crippen molar-refractivity contribution in [3.05, 3.63) is 35.7 Å². The minimum atomic E-state index is -0.422. The zero-order valence-electron chi connectivity index (χ0n) is 11.6. The summed E-state index contributed by atoms with van der Waals surface area (Å²) in [6.07, 6.45) is 7.64. The number of rotatable bonds is 4. The van der Waals surface area contributed by atoms with Crippen LogP contribution in [0.1, 0.15) is 18.9 Å². The van der Waals surface area contributed by atoms with Gasteiger partial charge < -0.3 is 9.64 Å². The Morgan fingerprint density at radius 3 is 3.00 bits per heavy atom. The van der Waals surface area contributed by atoms with Crippen molar-refractivity contribution in [3.8, 4) is 18.1 Å². The Labute approximate surface area is 137 Å². The Bertz CT molecular complexity index is 621. The van der Waals surface area contributed by atoms with E-state index < -0.39 is 5.82 Å². The number of hydrogen-bond donors (Lipinski definition) is 0. The predicted octanol–water partition coefficient (Wildman–Crippen LogP) is 3.23. The summed E-state index contributed by atoms with van der Waals surface area (Å²) in [7, 11) is 0. The molecule has 1 atom stereocenters. The number of hydrogen-bond acceptors (Lipinski definition) is 2. The first-order valence-electron chi connectivity index (χ1n) is 6.60. The van der Waals surface area contributed by atoms with Crippen LogP contribution in [0.4, 0.5) is 4.39 Å². The fraction of sp³-hybridized carbons (Fsp3) is 0.312. The normalized spacial score (nSPS) is 18.2. The summed E-state index contributed by atoms with van der Waals surface area (Å²) in [6.45, 7) is 2.40. The molecule has 1 unspecified atom stereocenters. The monoisotopic (exact) mass is 399 g/mol. The molecule has 0 N–H and O–H groups in total. The number of allylic oxidation sites excluding steroid dienone is 1. The first kappa shape index (κ1) is 15.8. The quantitative estimate of drug-likeness (QED) is 0.442. The van der Waals surface area contributed by atoms with Gasteiger partial charge in [-0.25, -0.2) is 4.39 Å². The number of carbonyl (C=O) groups excluding carboxylic acids is 1. The number of benzene rings is 1. The van der Waals surface area contributed by atoms with Crippen molar-refractivity contribution in [2.75, 3.05) is 13.2 Å². The van der Waals surface area contributed by atoms with E-state index in [-0.39, 0.29) is 16.4 Å². The first-order chi connectivity index (χ1) is 10.1. The Morgan fingerprint density at radius 2 is 2.33 bits per heavy atom. The Balaban J connectivity index is 2.50. The smallest absolute Gasteiger partial charge is 0.240 e. The molecule has 1 amide bonds. The average Bonchev–Trinajstić information content (AvgIpc) is 2.48. The van der Waals surface area contributed by atoms with Gasteiger partial charge in [0.15, 0.2) is 0 Å². The zero-order valence-corrected chi connectivity index (χ0v) is 13.8. The van der Waals surface area contributed by atoms with Crippen LogP contribution in [0.5, 0.6) is 5.75 Å². The van der Waals surface area contributed by atoms with E-state index in [1.54, 1.807) is 17.0 Å². The van der Waals surface area contributed by atoms with Crippen molar-refractivity contribution in [3.63, 3.8) is 0 Å². The molecule has 5 heteroatoms. The third kappa shape index (κ3) is 3.21. The van der Waals surface area contributed by atoms with Crippen molar-refractivity contribution in [1.82, 2.24) is 4.90 Å². The third-order valence-electron chi connectivity index (χ3n) is 3.20. The largest absolute Gasteiger partial charge is 0.480 e. The van der Waals surface area contributed by atoms with Gasteiger partial charge in [0.25, 0.3) is 0 Å². The van der Waals surface area contributed by atoms with Crippen molar-refractivity contribution in [2.24, 2.45) is 0 Å². The molecule has 1 aliphatic rings. The van der Waals surface area contributed by atoms with Crippen LogP contribution in [-0.2, 0) is 4.79 Å². The second-order valence-corrected chi connectivity index (χ2v) is 5.98. The molecule has 1 aromatic rings. The van der Waals surface area contributed by atoms with Crippen molar-refractivity contribution >= 4 is 34.2 Å². The van der Waals surface area contributed by atoms with Crippen molar-refractivity contribution in [2.45, 2.75) is 17.3 Å². The van der Waals surface area contributed by atoms with Gasteiger partial charge in [-0.05, 0) is 25.5 Å². The second kappa shape index (κ2) is 6.94. The number of nitrogens with zero attached hydrogens (tertiary/aromatic N) is 1. The number of amides is 1. The number of terminal acetylenes is 1. The highest BCUT2D eigenvalue weighted by molar-refractivity contribution is 14.1. The maximum Gasteiger partial charge on any atom is 0.240 e. The van der Waals surface area contributed by atoms with Crippen LogP contribution in [0.25, 0.3) is 5.70 Å². The van der Waals surface area contributed by atoms with Crippen LogP contribution in [0, 0.1) is 18.2 Å². The lowest BCUT2D eigenvalue weighted by molar-refractivity contribution is -0.127. The van der Waals surface area contributed by atoms with Gasteiger partial charge in [-0.1, -0.05) is 40.7 Å². The molecular weight excluding hydrogens is 384 g/mol. The molecule has 1 aliphatic heterocycles. The molecule has 0 saturated heterocycles. The molecular formula is C16H15FINO2. The number of carbonyl (C=O) groups is 1. The molecule has 0 spiro atoms. The number of halogens is 2. The number of ether oxygens (including phenoxy) is 1. The SMILES string of the molecule is C#CCOc1cccc(F)c1C1=CCC(I)C(=O)N1CC. The van der Waals surface area contributed by atoms with E-state index in [0.29, 0.717) is 30.0 Å². The van der Waals surface area contributed by atoms with E-state index in [9.17, 15) is 9.18 Å². The average molecular weight is 399 g/mol. The van der Waals surface area contributed by atoms with Gasteiger partial charge in [0.2, 0.25) is 5.91 Å². The Kier molecular flexibility index (Phi) is 5.23. The van der Waals surface area contributed by atoms with E-state index in [1.807, 2.05) is 13.0 Å². The summed E-state index contributed by atoms with van der Waals surface area (Å²) in [5.74, 6) is 2.29. The van der Waals surface area contributed by atoms with Gasteiger partial charge in [-0.2, -0.15) is 0 Å². The Morgan fingerprint density at radius 1 is 1.57 bits per heavy atom. The molecule has 110 valence electrons. The molecule has 3 nitrogen and oxygen atoms in total. The minimum absolute atomic E-state index is 0.0123. The summed E-state index contributed by atoms with van der Waals surface area (Å²) in [4.78, 5) is 13.8. The predicted molar refractivity (Wildman–Crippen MR) is 88.5 cm³/mol. The molecule has 0 saturated carbocycles. The van der Waals surface area contributed by atoms with E-state index in [1.165, 1.54) is 6.07 Å². The fourth-order valence-corrected chi connectivity index (χ4v) is 2.86.